The van der Waals surface area contributed by atoms with Crippen LogP contribution in [0, 0.1) is 0 Å². The lowest BCUT2D eigenvalue weighted by Crippen LogP contribution is -2.35. The van der Waals surface area contributed by atoms with Gasteiger partial charge in [-0.15, -0.1) is 0 Å². The predicted molar refractivity (Wildman–Crippen MR) is 81.9 cm³/mol. The van der Waals surface area contributed by atoms with Gasteiger partial charge in [0.25, 0.3) is 0 Å². The van der Waals surface area contributed by atoms with Gasteiger partial charge in [0, 0.05) is 18.2 Å². The van der Waals surface area contributed by atoms with Crippen molar-refractivity contribution in [3.05, 3.63) is 28.8 Å². The van der Waals surface area contributed by atoms with Crippen molar-refractivity contribution in [2.45, 2.75) is 19.4 Å². The fourth-order valence-electron chi connectivity index (χ4n) is 2.02. The van der Waals surface area contributed by atoms with Gasteiger partial charge in [-0.2, -0.15) is 0 Å². The molecule has 1 unspecified atom stereocenters. The molecule has 1 rings (SSSR count). The van der Waals surface area contributed by atoms with Crippen molar-refractivity contribution in [2.24, 2.45) is 0 Å². The molecular weight excluding hydrogens is 278 g/mol. The summed E-state index contributed by atoms with van der Waals surface area (Å²) in [5, 5.41) is 4.13. The second-order valence-corrected chi connectivity index (χ2v) is 4.92. The Hall–Kier alpha value is -0.810. The Morgan fingerprint density at radius 2 is 2.05 bits per heavy atom. The highest BCUT2D eigenvalue weighted by atomic mass is 35.5. The number of nitrogens with one attached hydrogen (secondary N) is 1. The Morgan fingerprint density at radius 1 is 1.25 bits per heavy atom. The molecule has 114 valence electrons. The van der Waals surface area contributed by atoms with Crippen LogP contribution < -0.4 is 10.1 Å². The normalized spacial score (nSPS) is 12.4. The van der Waals surface area contributed by atoms with E-state index in [4.69, 9.17) is 25.8 Å². The lowest BCUT2D eigenvalue weighted by Gasteiger charge is -2.19. The van der Waals surface area contributed by atoms with Crippen molar-refractivity contribution in [1.82, 2.24) is 5.32 Å². The highest BCUT2D eigenvalue weighted by Crippen LogP contribution is 2.23. The fourth-order valence-corrected chi connectivity index (χ4v) is 2.21. The van der Waals surface area contributed by atoms with Gasteiger partial charge in [0.2, 0.25) is 0 Å². The largest absolute Gasteiger partial charge is 0.496 e. The van der Waals surface area contributed by atoms with E-state index >= 15 is 0 Å². The number of hydrogen-bond donors (Lipinski definition) is 1. The number of hydrogen-bond acceptors (Lipinski definition) is 4. The van der Waals surface area contributed by atoms with E-state index in [1.54, 1.807) is 14.2 Å². The zero-order valence-electron chi connectivity index (χ0n) is 12.4. The van der Waals surface area contributed by atoms with E-state index in [1.807, 2.05) is 18.2 Å². The Balaban J connectivity index is 2.61. The molecule has 1 aromatic rings. The summed E-state index contributed by atoms with van der Waals surface area (Å²) in [5.41, 5.74) is 1.08. The highest BCUT2D eigenvalue weighted by Gasteiger charge is 2.12. The van der Waals surface area contributed by atoms with Crippen LogP contribution >= 0.6 is 11.6 Å². The average molecular weight is 302 g/mol. The Bertz CT molecular complexity index is 387. The van der Waals surface area contributed by atoms with Crippen LogP contribution in [0.5, 0.6) is 5.75 Å². The molecule has 0 aliphatic rings. The molecule has 0 heterocycles. The predicted octanol–water partition coefficient (Wildman–Crippen LogP) is 2.53. The van der Waals surface area contributed by atoms with Crippen molar-refractivity contribution in [1.29, 1.82) is 0 Å². The molecule has 5 heteroatoms. The van der Waals surface area contributed by atoms with Crippen molar-refractivity contribution in [3.8, 4) is 5.75 Å². The monoisotopic (exact) mass is 301 g/mol. The van der Waals surface area contributed by atoms with Crippen LogP contribution in [0.3, 0.4) is 0 Å². The molecule has 0 aliphatic heterocycles. The standard InChI is InChI=1S/C15H24ClNO3/c1-4-17-14(11-20-8-7-18-2)10-12-9-13(16)5-6-15(12)19-3/h5-6,9,14,17H,4,7-8,10-11H2,1-3H3. The van der Waals surface area contributed by atoms with Crippen LogP contribution in [0.1, 0.15) is 12.5 Å². The summed E-state index contributed by atoms with van der Waals surface area (Å²) in [6.45, 7) is 4.82. The molecule has 1 aromatic carbocycles. The summed E-state index contributed by atoms with van der Waals surface area (Å²) in [6.07, 6.45) is 0.810. The van der Waals surface area contributed by atoms with E-state index in [0.29, 0.717) is 19.8 Å². The molecule has 0 saturated carbocycles. The van der Waals surface area contributed by atoms with Gasteiger partial charge in [-0.25, -0.2) is 0 Å². The van der Waals surface area contributed by atoms with Gasteiger partial charge < -0.3 is 19.5 Å². The summed E-state index contributed by atoms with van der Waals surface area (Å²) >= 11 is 6.06. The van der Waals surface area contributed by atoms with E-state index in [-0.39, 0.29) is 6.04 Å². The molecule has 0 amide bonds. The summed E-state index contributed by atoms with van der Waals surface area (Å²) in [5.74, 6) is 0.856. The lowest BCUT2D eigenvalue weighted by molar-refractivity contribution is 0.0589. The van der Waals surface area contributed by atoms with Gasteiger partial charge >= 0.3 is 0 Å². The number of benzene rings is 1. The zero-order chi connectivity index (χ0) is 14.8. The van der Waals surface area contributed by atoms with E-state index in [0.717, 1.165) is 29.3 Å². The maximum Gasteiger partial charge on any atom is 0.122 e. The van der Waals surface area contributed by atoms with E-state index in [1.165, 1.54) is 0 Å². The van der Waals surface area contributed by atoms with Gasteiger partial charge in [-0.1, -0.05) is 18.5 Å². The molecule has 0 radical (unpaired) electrons. The molecule has 1 atom stereocenters. The fraction of sp³-hybridized carbons (Fsp3) is 0.600. The molecule has 20 heavy (non-hydrogen) atoms. The molecule has 4 nitrogen and oxygen atoms in total. The number of likely N-dealkylation sites (N-methyl/N-ethyl adjacent to an activating group) is 1. The minimum absolute atomic E-state index is 0.226. The van der Waals surface area contributed by atoms with Crippen LogP contribution in [0.25, 0.3) is 0 Å². The third kappa shape index (κ3) is 6.09. The van der Waals surface area contributed by atoms with Crippen LogP contribution in [0.4, 0.5) is 0 Å². The third-order valence-electron chi connectivity index (χ3n) is 2.95. The Morgan fingerprint density at radius 3 is 2.70 bits per heavy atom. The minimum Gasteiger partial charge on any atom is -0.496 e. The number of methoxy groups -OCH3 is 2. The minimum atomic E-state index is 0.226. The summed E-state index contributed by atoms with van der Waals surface area (Å²) in [6, 6.07) is 5.90. The molecule has 0 bridgehead atoms. The van der Waals surface area contributed by atoms with E-state index < -0.39 is 0 Å². The first kappa shape index (κ1) is 17.2. The summed E-state index contributed by atoms with van der Waals surface area (Å²) in [7, 11) is 3.34. The van der Waals surface area contributed by atoms with Gasteiger partial charge in [0.05, 0.1) is 26.9 Å². The van der Waals surface area contributed by atoms with Crippen molar-refractivity contribution < 1.29 is 14.2 Å². The zero-order valence-corrected chi connectivity index (χ0v) is 13.2. The molecule has 0 saturated heterocycles. The molecule has 1 N–H and O–H groups in total. The van der Waals surface area contributed by atoms with Crippen LogP contribution in [0.2, 0.25) is 5.02 Å². The van der Waals surface area contributed by atoms with Crippen molar-refractivity contribution >= 4 is 11.6 Å². The van der Waals surface area contributed by atoms with Gasteiger partial charge in [-0.3, -0.25) is 0 Å². The Labute approximate surface area is 126 Å². The number of rotatable bonds is 10. The highest BCUT2D eigenvalue weighted by molar-refractivity contribution is 6.30. The van der Waals surface area contributed by atoms with Crippen molar-refractivity contribution in [2.75, 3.05) is 40.6 Å². The maximum absolute atomic E-state index is 6.06. The van der Waals surface area contributed by atoms with Gasteiger partial charge in [0.1, 0.15) is 5.75 Å². The first-order valence-corrected chi connectivity index (χ1v) is 7.21. The van der Waals surface area contributed by atoms with E-state index in [2.05, 4.69) is 12.2 Å². The molecule has 0 spiro atoms. The van der Waals surface area contributed by atoms with Crippen LogP contribution in [-0.4, -0.2) is 46.6 Å². The number of halogens is 1. The lowest BCUT2D eigenvalue weighted by atomic mass is 10.1. The third-order valence-corrected chi connectivity index (χ3v) is 3.19. The van der Waals surface area contributed by atoms with Crippen molar-refractivity contribution in [3.63, 3.8) is 0 Å². The second-order valence-electron chi connectivity index (χ2n) is 4.48. The summed E-state index contributed by atoms with van der Waals surface area (Å²) in [4.78, 5) is 0. The number of ether oxygens (including phenoxy) is 3. The average Bonchev–Trinajstić information content (AvgIpc) is 2.44. The van der Waals surface area contributed by atoms with Crippen LogP contribution in [0.15, 0.2) is 18.2 Å². The smallest absolute Gasteiger partial charge is 0.122 e. The first-order valence-electron chi connectivity index (χ1n) is 6.83. The first-order chi connectivity index (χ1) is 9.71. The van der Waals surface area contributed by atoms with Gasteiger partial charge in [0.15, 0.2) is 0 Å². The van der Waals surface area contributed by atoms with Crippen LogP contribution in [-0.2, 0) is 15.9 Å². The Kier molecular flexibility index (Phi) is 8.62. The maximum atomic E-state index is 6.06. The molecule has 0 fully saturated rings. The molecule has 0 aromatic heterocycles. The van der Waals surface area contributed by atoms with Gasteiger partial charge in [-0.05, 0) is 36.7 Å². The quantitative estimate of drug-likeness (QED) is 0.674. The second kappa shape index (κ2) is 10.00. The SMILES string of the molecule is CCNC(COCCOC)Cc1cc(Cl)ccc1OC. The molecular formula is C15H24ClNO3. The molecule has 0 aliphatic carbocycles. The topological polar surface area (TPSA) is 39.7 Å². The summed E-state index contributed by atoms with van der Waals surface area (Å²) < 4.78 is 15.9. The van der Waals surface area contributed by atoms with E-state index in [9.17, 15) is 0 Å².